The van der Waals surface area contributed by atoms with Gasteiger partial charge in [-0.2, -0.15) is 5.26 Å². The van der Waals surface area contributed by atoms with Crippen molar-refractivity contribution >= 4 is 98.3 Å². The van der Waals surface area contributed by atoms with Gasteiger partial charge in [0.25, 0.3) is 0 Å². The third-order valence-electron chi connectivity index (χ3n) is 16.2. The Balaban J connectivity index is 1.33. The summed E-state index contributed by atoms with van der Waals surface area (Å²) < 4.78 is 16.9. The molecule has 15 aromatic rings. The number of oxazole rings is 1. The van der Waals surface area contributed by atoms with Crippen LogP contribution in [0, 0.1) is 66.7 Å². The molecule has 0 radical (unpaired) electrons. The summed E-state index contributed by atoms with van der Waals surface area (Å²) in [6, 6.07) is 65.1. The van der Waals surface area contributed by atoms with Crippen molar-refractivity contribution in [3.05, 3.63) is 220 Å². The number of rotatable bonds is 5. The van der Waals surface area contributed by atoms with Crippen LogP contribution in [0.25, 0.3) is 133 Å². The minimum Gasteiger partial charge on any atom is -0.436 e. The highest BCUT2D eigenvalue weighted by molar-refractivity contribution is 6.17. The van der Waals surface area contributed by atoms with E-state index in [1.165, 1.54) is 11.1 Å². The molecular formula is C70H52N6O. The second-order valence-electron chi connectivity index (χ2n) is 21.7. The van der Waals surface area contributed by atoms with Crippen molar-refractivity contribution in [3.63, 3.8) is 0 Å². The van der Waals surface area contributed by atoms with E-state index in [1.54, 1.807) is 0 Å². The van der Waals surface area contributed by atoms with Crippen LogP contribution in [0.3, 0.4) is 0 Å². The Kier molecular flexibility index (Phi) is 9.42. The summed E-state index contributed by atoms with van der Waals surface area (Å²) in [6.07, 6.45) is 0. The van der Waals surface area contributed by atoms with Gasteiger partial charge in [-0.05, 0) is 165 Å². The summed E-state index contributed by atoms with van der Waals surface area (Å²) in [4.78, 5) is 5.54. The summed E-state index contributed by atoms with van der Waals surface area (Å²) >= 11 is 0. The van der Waals surface area contributed by atoms with Gasteiger partial charge in [0.15, 0.2) is 5.58 Å². The first kappa shape index (κ1) is 44.8. The van der Waals surface area contributed by atoms with Crippen LogP contribution in [-0.2, 0) is 0 Å². The molecule has 0 aliphatic rings. The fourth-order valence-electron chi connectivity index (χ4n) is 12.8. The van der Waals surface area contributed by atoms with E-state index in [2.05, 4.69) is 225 Å². The van der Waals surface area contributed by atoms with Crippen molar-refractivity contribution in [3.8, 4) is 40.3 Å². The lowest BCUT2D eigenvalue weighted by molar-refractivity contribution is 0.619. The van der Waals surface area contributed by atoms with E-state index in [0.29, 0.717) is 28.3 Å². The second-order valence-corrected chi connectivity index (χ2v) is 21.7. The van der Waals surface area contributed by atoms with E-state index in [4.69, 9.17) is 9.40 Å². The molecule has 0 aliphatic carbocycles. The largest absolute Gasteiger partial charge is 0.436 e. The minimum atomic E-state index is 0.407. The zero-order valence-electron chi connectivity index (χ0n) is 44.3. The Morgan fingerprint density at radius 1 is 0.338 bits per heavy atom. The minimum absolute atomic E-state index is 0.407. The van der Waals surface area contributed by atoms with Crippen molar-refractivity contribution < 1.29 is 4.42 Å². The molecule has 0 atom stereocenters. The Hall–Kier alpha value is -9.64. The Labute approximate surface area is 444 Å². The highest BCUT2D eigenvalue weighted by Crippen LogP contribution is 2.52. The fraction of sp³-hybridized carbons (Fsp3) is 0.114. The number of hydrogen-bond donors (Lipinski definition) is 0. The van der Waals surface area contributed by atoms with Gasteiger partial charge in [0.2, 0.25) is 5.89 Å². The Morgan fingerprint density at radius 3 is 0.935 bits per heavy atom. The smallest absolute Gasteiger partial charge is 0.231 e. The number of benzene rings is 10. The van der Waals surface area contributed by atoms with E-state index < -0.39 is 0 Å². The van der Waals surface area contributed by atoms with Gasteiger partial charge in [0, 0.05) is 43.1 Å². The van der Waals surface area contributed by atoms with E-state index in [-0.39, 0.29) is 0 Å². The third kappa shape index (κ3) is 6.39. The molecule has 15 rings (SSSR count). The van der Waals surface area contributed by atoms with Crippen LogP contribution in [0.2, 0.25) is 0 Å². The molecule has 0 saturated heterocycles. The quantitative estimate of drug-likeness (QED) is 0.172. The summed E-state index contributed by atoms with van der Waals surface area (Å²) in [7, 11) is 0. The van der Waals surface area contributed by atoms with Gasteiger partial charge in [0.05, 0.1) is 72.4 Å². The average Bonchev–Trinajstić information content (AvgIpc) is 4.42. The number of aromatic nitrogens is 5. The molecule has 0 fully saturated rings. The van der Waals surface area contributed by atoms with Crippen molar-refractivity contribution in [2.75, 3.05) is 0 Å². The van der Waals surface area contributed by atoms with Gasteiger partial charge in [-0.25, -0.2) is 4.98 Å². The van der Waals surface area contributed by atoms with Gasteiger partial charge in [-0.15, -0.1) is 0 Å². The van der Waals surface area contributed by atoms with Gasteiger partial charge in [-0.1, -0.05) is 105 Å². The fourth-order valence-corrected chi connectivity index (χ4v) is 12.8. The van der Waals surface area contributed by atoms with E-state index >= 15 is 0 Å². The number of hydrogen-bond acceptors (Lipinski definition) is 3. The number of para-hydroxylation sites is 2. The monoisotopic (exact) mass is 992 g/mol. The van der Waals surface area contributed by atoms with Gasteiger partial charge in [-0.3, -0.25) is 0 Å². The molecule has 0 N–H and O–H groups in total. The van der Waals surface area contributed by atoms with Crippen molar-refractivity contribution in [1.29, 1.82) is 5.26 Å². The van der Waals surface area contributed by atoms with E-state index in [1.807, 2.05) is 24.3 Å². The first-order valence-corrected chi connectivity index (χ1v) is 26.5. The van der Waals surface area contributed by atoms with Crippen LogP contribution in [-0.4, -0.2) is 23.3 Å². The summed E-state index contributed by atoms with van der Waals surface area (Å²) in [5.41, 5.74) is 22.9. The predicted molar refractivity (Wildman–Crippen MR) is 319 cm³/mol. The van der Waals surface area contributed by atoms with E-state index in [9.17, 15) is 5.26 Å². The molecule has 10 aromatic carbocycles. The molecule has 7 heteroatoms. The number of fused-ring (bicyclic) bond motifs is 13. The topological polar surface area (TPSA) is 69.5 Å². The molecular weight excluding hydrogens is 941 g/mol. The Morgan fingerprint density at radius 2 is 0.623 bits per heavy atom. The summed E-state index contributed by atoms with van der Waals surface area (Å²) in [5, 5.41) is 21.8. The maximum absolute atomic E-state index is 12.9. The molecule has 0 spiro atoms. The third-order valence-corrected chi connectivity index (χ3v) is 16.2. The molecule has 0 bridgehead atoms. The summed E-state index contributed by atoms with van der Waals surface area (Å²) in [6.45, 7) is 17.3. The molecule has 5 heterocycles. The van der Waals surface area contributed by atoms with Gasteiger partial charge < -0.3 is 22.7 Å². The standard InChI is InChI=1S/C70H52N6O/c1-38-13-21-56-46(29-38)47-30-39(2)14-22-57(47)73(56)66-54(37-71)67(74-58-23-15-40(3)31-48(58)49-32-41(4)16-24-59(49)74)69(76-62-27-19-44(7)35-52(62)53-36-45(8)20-28-63(53)76)68(65(66)70-72-55-11-9-10-12-64(55)77-70)75-60-25-17-42(5)33-50(60)51-34-43(6)18-26-61(51)75/h9-36H,1-8H3. The number of nitrogens with zero attached hydrogens (tertiary/aromatic N) is 6. The lowest BCUT2D eigenvalue weighted by atomic mass is 9.97. The molecule has 7 nitrogen and oxygen atoms in total. The predicted octanol–water partition coefficient (Wildman–Crippen LogP) is 18.2. The molecule has 0 unspecified atom stereocenters. The lowest BCUT2D eigenvalue weighted by Crippen LogP contribution is -2.16. The highest BCUT2D eigenvalue weighted by Gasteiger charge is 2.37. The zero-order valence-corrected chi connectivity index (χ0v) is 44.3. The van der Waals surface area contributed by atoms with Crippen LogP contribution in [0.15, 0.2) is 174 Å². The van der Waals surface area contributed by atoms with E-state index in [0.717, 1.165) is 143 Å². The summed E-state index contributed by atoms with van der Waals surface area (Å²) in [5.74, 6) is 0.407. The average molecular weight is 993 g/mol. The molecule has 0 aliphatic heterocycles. The van der Waals surface area contributed by atoms with Gasteiger partial charge in [0.1, 0.15) is 17.1 Å². The molecule has 0 amide bonds. The molecule has 368 valence electrons. The second kappa shape index (κ2) is 16.2. The molecule has 77 heavy (non-hydrogen) atoms. The Bertz CT molecular complexity index is 4880. The van der Waals surface area contributed by atoms with Crippen LogP contribution < -0.4 is 0 Å². The SMILES string of the molecule is Cc1ccc2c(c1)c1cc(C)ccc1n2-c1c(C#N)c(-n2c3ccc(C)cc3c3cc(C)ccc32)c(-n2c3ccc(C)cc3c3cc(C)ccc32)c(-n2c3ccc(C)cc3c3cc(C)ccc32)c1-c1nc2ccccc2o1. The maximum atomic E-state index is 12.9. The lowest BCUT2D eigenvalue weighted by Gasteiger charge is -2.28. The highest BCUT2D eigenvalue weighted by atomic mass is 16.3. The van der Waals surface area contributed by atoms with Crippen LogP contribution >= 0.6 is 0 Å². The van der Waals surface area contributed by atoms with Crippen LogP contribution in [0.4, 0.5) is 0 Å². The molecule has 5 aromatic heterocycles. The van der Waals surface area contributed by atoms with Crippen molar-refractivity contribution in [2.24, 2.45) is 0 Å². The normalized spacial score (nSPS) is 12.1. The van der Waals surface area contributed by atoms with Crippen molar-refractivity contribution in [2.45, 2.75) is 55.4 Å². The number of nitriles is 1. The van der Waals surface area contributed by atoms with Gasteiger partial charge >= 0.3 is 0 Å². The molecule has 0 saturated carbocycles. The zero-order chi connectivity index (χ0) is 52.3. The van der Waals surface area contributed by atoms with Crippen LogP contribution in [0.5, 0.6) is 0 Å². The maximum Gasteiger partial charge on any atom is 0.231 e. The first-order valence-electron chi connectivity index (χ1n) is 26.5. The van der Waals surface area contributed by atoms with Crippen molar-refractivity contribution in [1.82, 2.24) is 23.3 Å². The number of aryl methyl sites for hydroxylation is 8. The first-order chi connectivity index (χ1) is 37.4. The van der Waals surface area contributed by atoms with Crippen LogP contribution in [0.1, 0.15) is 50.1 Å².